The molecule has 1 aromatic carbocycles. The van der Waals surface area contributed by atoms with Crippen molar-refractivity contribution >= 4 is 17.4 Å². The second-order valence-electron chi connectivity index (χ2n) is 10.2. The number of aromatic nitrogens is 2. The van der Waals surface area contributed by atoms with E-state index in [9.17, 15) is 4.39 Å². The smallest absolute Gasteiger partial charge is 0.148 e. The number of nitrogens with zero attached hydrogens (tertiary/aromatic N) is 3. The molecule has 2 saturated carbocycles. The first-order valence-electron chi connectivity index (χ1n) is 12.3. The van der Waals surface area contributed by atoms with E-state index in [1.807, 2.05) is 12.1 Å². The van der Waals surface area contributed by atoms with Gasteiger partial charge in [0.15, 0.2) is 0 Å². The first-order chi connectivity index (χ1) is 15.5. The van der Waals surface area contributed by atoms with Crippen LogP contribution in [0.1, 0.15) is 51.9 Å². The largest absolute Gasteiger partial charge is 0.368 e. The Morgan fingerprint density at radius 2 is 1.88 bits per heavy atom. The second-order valence-corrected chi connectivity index (χ2v) is 10.6. The summed E-state index contributed by atoms with van der Waals surface area (Å²) in [5, 5.41) is 12.6. The van der Waals surface area contributed by atoms with Crippen LogP contribution in [0.5, 0.6) is 0 Å². The molecule has 0 bridgehead atoms. The van der Waals surface area contributed by atoms with Gasteiger partial charge in [-0.2, -0.15) is 0 Å². The third-order valence-electron chi connectivity index (χ3n) is 8.54. The second kappa shape index (κ2) is 9.26. The highest BCUT2D eigenvalue weighted by atomic mass is 35.5. The molecule has 2 heterocycles. The highest BCUT2D eigenvalue weighted by Crippen LogP contribution is 2.64. The van der Waals surface area contributed by atoms with Crippen LogP contribution in [0.15, 0.2) is 30.3 Å². The lowest BCUT2D eigenvalue weighted by molar-refractivity contribution is 0.127. The highest BCUT2D eigenvalue weighted by Gasteiger charge is 2.61. The zero-order valence-corrected chi connectivity index (χ0v) is 19.8. The molecule has 0 unspecified atom stereocenters. The summed E-state index contributed by atoms with van der Waals surface area (Å²) in [4.78, 5) is 2.73. The van der Waals surface area contributed by atoms with Crippen molar-refractivity contribution in [2.75, 3.05) is 31.5 Å². The van der Waals surface area contributed by atoms with Gasteiger partial charge < -0.3 is 10.2 Å². The predicted octanol–water partition coefficient (Wildman–Crippen LogP) is 6.28. The molecule has 1 aliphatic heterocycles. The monoisotopic (exact) mass is 456 g/mol. The normalized spacial score (nSPS) is 25.7. The first-order valence-corrected chi connectivity index (χ1v) is 12.7. The van der Waals surface area contributed by atoms with E-state index in [2.05, 4.69) is 27.3 Å². The molecule has 172 valence electrons. The average Bonchev–Trinajstić information content (AvgIpc) is 3.37. The van der Waals surface area contributed by atoms with E-state index in [1.165, 1.54) is 76.7 Å². The first kappa shape index (κ1) is 22.1. The fourth-order valence-corrected chi connectivity index (χ4v) is 6.59. The van der Waals surface area contributed by atoms with Gasteiger partial charge in [-0.15, -0.1) is 10.2 Å². The van der Waals surface area contributed by atoms with Crippen LogP contribution in [0.2, 0.25) is 5.02 Å². The SMILES string of the molecule is C[C@@H]1[C@H](CNc2ccc(-c3cc(F)ccc3Cl)nn2)C12CCN(CC1CCCCC1)CC2. The van der Waals surface area contributed by atoms with Gasteiger partial charge in [0.25, 0.3) is 0 Å². The minimum Gasteiger partial charge on any atom is -0.368 e. The van der Waals surface area contributed by atoms with Crippen LogP contribution in [0.3, 0.4) is 0 Å². The minimum atomic E-state index is -0.328. The van der Waals surface area contributed by atoms with E-state index in [4.69, 9.17) is 11.6 Å². The average molecular weight is 457 g/mol. The molecule has 0 amide bonds. The Kier molecular flexibility index (Phi) is 6.39. The lowest BCUT2D eigenvalue weighted by atomic mass is 9.86. The molecule has 2 aromatic rings. The molecule has 1 N–H and O–H groups in total. The third-order valence-corrected chi connectivity index (χ3v) is 8.87. The zero-order valence-electron chi connectivity index (χ0n) is 19.0. The lowest BCUT2D eigenvalue weighted by Gasteiger charge is -2.36. The van der Waals surface area contributed by atoms with Gasteiger partial charge in [-0.25, -0.2) is 4.39 Å². The number of hydrogen-bond acceptors (Lipinski definition) is 4. The van der Waals surface area contributed by atoms with Crippen LogP contribution in [0.4, 0.5) is 10.2 Å². The molecule has 4 nitrogen and oxygen atoms in total. The van der Waals surface area contributed by atoms with Gasteiger partial charge in [0, 0.05) is 18.7 Å². The van der Waals surface area contributed by atoms with E-state index in [0.29, 0.717) is 27.6 Å². The predicted molar refractivity (Wildman–Crippen MR) is 128 cm³/mol. The number of piperidine rings is 1. The molecule has 1 aromatic heterocycles. The van der Waals surface area contributed by atoms with Crippen molar-refractivity contribution < 1.29 is 4.39 Å². The van der Waals surface area contributed by atoms with Crippen LogP contribution >= 0.6 is 11.6 Å². The molecular weight excluding hydrogens is 423 g/mol. The quantitative estimate of drug-likeness (QED) is 0.555. The molecular formula is C26H34ClFN4. The summed E-state index contributed by atoms with van der Waals surface area (Å²) in [6.45, 7) is 7.22. The van der Waals surface area contributed by atoms with E-state index in [0.717, 1.165) is 24.2 Å². The number of likely N-dealkylation sites (tertiary alicyclic amines) is 1. The Morgan fingerprint density at radius 1 is 1.09 bits per heavy atom. The van der Waals surface area contributed by atoms with Crippen molar-refractivity contribution in [2.45, 2.75) is 51.9 Å². The van der Waals surface area contributed by atoms with Crippen molar-refractivity contribution in [2.24, 2.45) is 23.2 Å². The van der Waals surface area contributed by atoms with Crippen LogP contribution in [-0.2, 0) is 0 Å². The summed E-state index contributed by atoms with van der Waals surface area (Å²) in [6.07, 6.45) is 9.85. The van der Waals surface area contributed by atoms with E-state index in [-0.39, 0.29) is 5.82 Å². The summed E-state index contributed by atoms with van der Waals surface area (Å²) < 4.78 is 13.6. The van der Waals surface area contributed by atoms with Gasteiger partial charge in [0.2, 0.25) is 0 Å². The van der Waals surface area contributed by atoms with E-state index >= 15 is 0 Å². The number of hydrogen-bond donors (Lipinski definition) is 1. The maximum atomic E-state index is 13.6. The van der Waals surface area contributed by atoms with Gasteiger partial charge >= 0.3 is 0 Å². The van der Waals surface area contributed by atoms with Crippen molar-refractivity contribution in [3.05, 3.63) is 41.2 Å². The van der Waals surface area contributed by atoms with Gasteiger partial charge in [0.05, 0.1) is 10.7 Å². The zero-order chi connectivity index (χ0) is 22.1. The summed E-state index contributed by atoms with van der Waals surface area (Å²) in [5.41, 5.74) is 1.67. The number of nitrogens with one attached hydrogen (secondary N) is 1. The third kappa shape index (κ3) is 4.51. The molecule has 5 rings (SSSR count). The molecule has 2 aliphatic carbocycles. The Bertz CT molecular complexity index is 920. The van der Waals surface area contributed by atoms with Crippen LogP contribution in [0.25, 0.3) is 11.3 Å². The molecule has 0 radical (unpaired) electrons. The van der Waals surface area contributed by atoms with Crippen molar-refractivity contribution in [1.82, 2.24) is 15.1 Å². The summed E-state index contributed by atoms with van der Waals surface area (Å²) >= 11 is 6.19. The summed E-state index contributed by atoms with van der Waals surface area (Å²) in [5.74, 6) is 2.86. The summed E-state index contributed by atoms with van der Waals surface area (Å²) in [6, 6.07) is 8.06. The van der Waals surface area contributed by atoms with Crippen molar-refractivity contribution in [1.29, 1.82) is 0 Å². The molecule has 6 heteroatoms. The maximum absolute atomic E-state index is 13.6. The van der Waals surface area contributed by atoms with Crippen LogP contribution in [-0.4, -0.2) is 41.3 Å². The summed E-state index contributed by atoms with van der Waals surface area (Å²) in [7, 11) is 0. The van der Waals surface area contributed by atoms with Gasteiger partial charge in [-0.3, -0.25) is 0 Å². The fourth-order valence-electron chi connectivity index (χ4n) is 6.37. The fraction of sp³-hybridized carbons (Fsp3) is 0.615. The highest BCUT2D eigenvalue weighted by molar-refractivity contribution is 6.33. The van der Waals surface area contributed by atoms with Crippen LogP contribution in [0, 0.1) is 29.0 Å². The lowest BCUT2D eigenvalue weighted by Crippen LogP contribution is -2.39. The Morgan fingerprint density at radius 3 is 2.59 bits per heavy atom. The number of anilines is 1. The van der Waals surface area contributed by atoms with Crippen molar-refractivity contribution in [3.8, 4) is 11.3 Å². The molecule has 1 saturated heterocycles. The van der Waals surface area contributed by atoms with Gasteiger partial charge in [-0.05, 0) is 92.3 Å². The molecule has 32 heavy (non-hydrogen) atoms. The van der Waals surface area contributed by atoms with Crippen molar-refractivity contribution in [3.63, 3.8) is 0 Å². The maximum Gasteiger partial charge on any atom is 0.148 e. The Hall–Kier alpha value is -1.72. The molecule has 3 fully saturated rings. The topological polar surface area (TPSA) is 41.1 Å². The minimum absolute atomic E-state index is 0.328. The standard InChI is InChI=1S/C26H34ClFN4/c1-18-22(26(18)11-13-32(14-12-26)17-19-5-3-2-4-6-19)16-29-25-10-9-24(30-31-25)21-15-20(28)7-8-23(21)27/h7-10,15,18-19,22H,2-6,11-14,16-17H2,1H3,(H,29,31)/t18-,22+/m1/s1. The molecule has 3 aliphatic rings. The van der Waals surface area contributed by atoms with E-state index < -0.39 is 0 Å². The van der Waals surface area contributed by atoms with E-state index in [1.54, 1.807) is 6.07 Å². The number of rotatable bonds is 6. The Labute approximate surface area is 195 Å². The van der Waals surface area contributed by atoms with Gasteiger partial charge in [0.1, 0.15) is 11.6 Å². The van der Waals surface area contributed by atoms with Crippen LogP contribution < -0.4 is 5.32 Å². The molecule has 1 spiro atoms. The van der Waals surface area contributed by atoms with Gasteiger partial charge in [-0.1, -0.05) is 37.8 Å². The molecule has 2 atom stereocenters. The number of halogens is 2. The Balaban J connectivity index is 1.12. The number of benzene rings is 1.